The second kappa shape index (κ2) is 10.4. The van der Waals surface area contributed by atoms with Crippen molar-refractivity contribution < 1.29 is 26.4 Å². The SMILES string of the molecule is O=C([C@H]1CCCN(S(=O)(=O)N2CCCCCC2)C1)N1CCN(c2cccc(C(F)(F)F)c2)CC1. The third-order valence-electron chi connectivity index (χ3n) is 7.08. The van der Waals surface area contributed by atoms with E-state index in [0.717, 1.165) is 37.8 Å². The molecule has 1 amide bonds. The highest BCUT2D eigenvalue weighted by molar-refractivity contribution is 7.86. The summed E-state index contributed by atoms with van der Waals surface area (Å²) in [4.78, 5) is 16.8. The Kier molecular flexibility index (Phi) is 7.73. The van der Waals surface area contributed by atoms with E-state index in [-0.39, 0.29) is 18.4 Å². The number of hydrogen-bond acceptors (Lipinski definition) is 4. The summed E-state index contributed by atoms with van der Waals surface area (Å²) >= 11 is 0. The van der Waals surface area contributed by atoms with Gasteiger partial charge in [-0.15, -0.1) is 0 Å². The molecule has 3 heterocycles. The fourth-order valence-electron chi connectivity index (χ4n) is 5.11. The number of hydrogen-bond donors (Lipinski definition) is 0. The molecule has 0 N–H and O–H groups in total. The summed E-state index contributed by atoms with van der Waals surface area (Å²) in [5.74, 6) is -0.435. The maximum Gasteiger partial charge on any atom is 0.416 e. The van der Waals surface area contributed by atoms with Gasteiger partial charge in [-0.2, -0.15) is 30.2 Å². The van der Waals surface area contributed by atoms with Crippen LogP contribution in [0.2, 0.25) is 0 Å². The van der Waals surface area contributed by atoms with Crippen molar-refractivity contribution in [1.82, 2.24) is 13.5 Å². The molecule has 3 fully saturated rings. The second-order valence-electron chi connectivity index (χ2n) is 9.38. The summed E-state index contributed by atoms with van der Waals surface area (Å²) in [6.45, 7) is 3.40. The number of carbonyl (C=O) groups excluding carboxylic acids is 1. The first-order chi connectivity index (χ1) is 16.2. The van der Waals surface area contributed by atoms with Gasteiger partial charge in [-0.05, 0) is 43.9 Å². The highest BCUT2D eigenvalue weighted by Gasteiger charge is 2.38. The van der Waals surface area contributed by atoms with Crippen molar-refractivity contribution in [2.24, 2.45) is 5.92 Å². The van der Waals surface area contributed by atoms with Gasteiger partial charge in [0.25, 0.3) is 10.2 Å². The molecule has 3 saturated heterocycles. The van der Waals surface area contributed by atoms with Crippen molar-refractivity contribution in [2.75, 3.05) is 57.3 Å². The third-order valence-corrected chi connectivity index (χ3v) is 9.08. The first-order valence-corrected chi connectivity index (χ1v) is 13.5. The van der Waals surface area contributed by atoms with Gasteiger partial charge in [0.05, 0.1) is 11.5 Å². The standard InChI is InChI=1S/C23H33F3N4O3S/c24-23(25,26)20-8-5-9-21(17-20)27-13-15-28(16-14-27)22(31)19-7-6-12-30(18-19)34(32,33)29-10-3-1-2-4-11-29/h5,8-9,17,19H,1-4,6-7,10-16,18H2/t19-/m0/s1. The number of piperidine rings is 1. The lowest BCUT2D eigenvalue weighted by Gasteiger charge is -2.40. The molecule has 1 aromatic carbocycles. The number of carbonyl (C=O) groups is 1. The van der Waals surface area contributed by atoms with Gasteiger partial charge in [-0.25, -0.2) is 0 Å². The molecule has 0 unspecified atom stereocenters. The van der Waals surface area contributed by atoms with E-state index in [1.54, 1.807) is 15.3 Å². The fraction of sp³-hybridized carbons (Fsp3) is 0.696. The molecule has 0 spiro atoms. The van der Waals surface area contributed by atoms with Crippen LogP contribution in [-0.4, -0.2) is 80.2 Å². The van der Waals surface area contributed by atoms with E-state index >= 15 is 0 Å². The Bertz CT molecular complexity index is 956. The number of anilines is 1. The Hall–Kier alpha value is -1.85. The maximum atomic E-state index is 13.2. The Morgan fingerprint density at radius 3 is 2.15 bits per heavy atom. The van der Waals surface area contributed by atoms with Crippen molar-refractivity contribution in [2.45, 2.75) is 44.7 Å². The number of alkyl halides is 3. The Morgan fingerprint density at radius 1 is 0.853 bits per heavy atom. The van der Waals surface area contributed by atoms with Crippen LogP contribution in [0, 0.1) is 5.92 Å². The molecule has 3 aliphatic heterocycles. The van der Waals surface area contributed by atoms with Crippen LogP contribution in [0.4, 0.5) is 18.9 Å². The molecule has 7 nitrogen and oxygen atoms in total. The number of rotatable bonds is 4. The van der Waals surface area contributed by atoms with E-state index in [1.807, 2.05) is 4.90 Å². The van der Waals surface area contributed by atoms with Gasteiger partial charge in [0, 0.05) is 58.0 Å². The zero-order valence-corrected chi connectivity index (χ0v) is 20.2. The van der Waals surface area contributed by atoms with Gasteiger partial charge in [-0.1, -0.05) is 18.9 Å². The summed E-state index contributed by atoms with van der Waals surface area (Å²) < 4.78 is 68.5. The molecule has 3 aliphatic rings. The molecule has 1 atom stereocenters. The average molecular weight is 503 g/mol. The van der Waals surface area contributed by atoms with E-state index < -0.39 is 21.9 Å². The summed E-state index contributed by atoms with van der Waals surface area (Å²) in [7, 11) is -3.57. The smallest absolute Gasteiger partial charge is 0.368 e. The van der Waals surface area contributed by atoms with Gasteiger partial charge in [0.2, 0.25) is 5.91 Å². The van der Waals surface area contributed by atoms with Crippen molar-refractivity contribution in [1.29, 1.82) is 0 Å². The molecule has 0 aliphatic carbocycles. The lowest BCUT2D eigenvalue weighted by atomic mass is 9.97. The molecule has 190 valence electrons. The van der Waals surface area contributed by atoms with E-state index in [2.05, 4.69) is 0 Å². The molecule has 34 heavy (non-hydrogen) atoms. The summed E-state index contributed by atoms with van der Waals surface area (Å²) in [5.41, 5.74) is -0.189. The Balaban J connectivity index is 1.35. The van der Waals surface area contributed by atoms with Gasteiger partial charge in [0.15, 0.2) is 0 Å². The lowest BCUT2D eigenvalue weighted by molar-refractivity contribution is -0.137. The molecular formula is C23H33F3N4O3S. The van der Waals surface area contributed by atoms with Gasteiger partial charge >= 0.3 is 6.18 Å². The predicted octanol–water partition coefficient (Wildman–Crippen LogP) is 3.19. The van der Waals surface area contributed by atoms with E-state index in [0.29, 0.717) is 64.3 Å². The first kappa shape index (κ1) is 25.2. The van der Waals surface area contributed by atoms with Crippen molar-refractivity contribution >= 4 is 21.8 Å². The second-order valence-corrected chi connectivity index (χ2v) is 11.3. The van der Waals surface area contributed by atoms with Crippen molar-refractivity contribution in [3.63, 3.8) is 0 Å². The Labute approximate surface area is 199 Å². The third kappa shape index (κ3) is 5.68. The number of nitrogens with zero attached hydrogens (tertiary/aromatic N) is 4. The van der Waals surface area contributed by atoms with Crippen LogP contribution in [-0.2, 0) is 21.2 Å². The first-order valence-electron chi connectivity index (χ1n) is 12.1. The Morgan fingerprint density at radius 2 is 1.50 bits per heavy atom. The number of benzene rings is 1. The minimum Gasteiger partial charge on any atom is -0.368 e. The van der Waals surface area contributed by atoms with Crippen LogP contribution in [0.25, 0.3) is 0 Å². The molecule has 0 aromatic heterocycles. The van der Waals surface area contributed by atoms with E-state index in [9.17, 15) is 26.4 Å². The zero-order valence-electron chi connectivity index (χ0n) is 19.3. The van der Waals surface area contributed by atoms with Crippen LogP contribution in [0.5, 0.6) is 0 Å². The van der Waals surface area contributed by atoms with E-state index in [4.69, 9.17) is 0 Å². The maximum absolute atomic E-state index is 13.2. The topological polar surface area (TPSA) is 64.2 Å². The molecule has 11 heteroatoms. The van der Waals surface area contributed by atoms with Crippen LogP contribution < -0.4 is 4.90 Å². The van der Waals surface area contributed by atoms with Crippen molar-refractivity contribution in [3.8, 4) is 0 Å². The number of amides is 1. The van der Waals surface area contributed by atoms with Crippen molar-refractivity contribution in [3.05, 3.63) is 29.8 Å². The minimum absolute atomic E-state index is 0.0561. The van der Waals surface area contributed by atoms with Gasteiger partial charge < -0.3 is 9.80 Å². The normalized spacial score (nSPS) is 24.1. The molecule has 0 bridgehead atoms. The zero-order chi connectivity index (χ0) is 24.3. The number of piperazine rings is 1. The van der Waals surface area contributed by atoms with Crippen LogP contribution in [0.1, 0.15) is 44.1 Å². The molecular weight excluding hydrogens is 469 g/mol. The lowest BCUT2D eigenvalue weighted by Crippen LogP contribution is -2.54. The molecule has 1 aromatic rings. The quantitative estimate of drug-likeness (QED) is 0.635. The average Bonchev–Trinajstić information content (AvgIpc) is 3.14. The monoisotopic (exact) mass is 502 g/mol. The molecule has 0 radical (unpaired) electrons. The summed E-state index contributed by atoms with van der Waals surface area (Å²) in [6, 6.07) is 5.25. The highest BCUT2D eigenvalue weighted by Crippen LogP contribution is 2.32. The van der Waals surface area contributed by atoms with Gasteiger partial charge in [-0.3, -0.25) is 4.79 Å². The fourth-order valence-corrected chi connectivity index (χ4v) is 6.89. The largest absolute Gasteiger partial charge is 0.416 e. The molecule has 0 saturated carbocycles. The van der Waals surface area contributed by atoms with Crippen LogP contribution >= 0.6 is 0 Å². The summed E-state index contributed by atoms with van der Waals surface area (Å²) in [6.07, 6.45) is 0.719. The van der Waals surface area contributed by atoms with Crippen LogP contribution in [0.3, 0.4) is 0 Å². The highest BCUT2D eigenvalue weighted by atomic mass is 32.2. The minimum atomic E-state index is -4.39. The summed E-state index contributed by atoms with van der Waals surface area (Å²) in [5, 5.41) is 0. The van der Waals surface area contributed by atoms with Gasteiger partial charge in [0.1, 0.15) is 0 Å². The predicted molar refractivity (Wildman–Crippen MR) is 123 cm³/mol. The number of halogens is 3. The van der Waals surface area contributed by atoms with Crippen LogP contribution in [0.15, 0.2) is 24.3 Å². The molecule has 4 rings (SSSR count). The van der Waals surface area contributed by atoms with E-state index in [1.165, 1.54) is 10.4 Å².